The van der Waals surface area contributed by atoms with Gasteiger partial charge in [0.1, 0.15) is 5.65 Å². The molecule has 0 fully saturated rings. The Hall–Kier alpha value is -3.40. The van der Waals surface area contributed by atoms with Crippen molar-refractivity contribution in [3.8, 4) is 11.3 Å². The van der Waals surface area contributed by atoms with Crippen molar-refractivity contribution in [3.63, 3.8) is 0 Å². The summed E-state index contributed by atoms with van der Waals surface area (Å²) in [7, 11) is 0. The topological polar surface area (TPSA) is 46.4 Å². The number of aryl methyl sites for hydroxylation is 4. The number of amides is 1. The van der Waals surface area contributed by atoms with Crippen LogP contribution in [0.3, 0.4) is 0 Å². The molecule has 2 aromatic heterocycles. The molecule has 0 saturated heterocycles. The van der Waals surface area contributed by atoms with Crippen LogP contribution in [-0.4, -0.2) is 15.3 Å². The van der Waals surface area contributed by atoms with Gasteiger partial charge in [0.05, 0.1) is 23.9 Å². The van der Waals surface area contributed by atoms with E-state index in [2.05, 4.69) is 85.2 Å². The van der Waals surface area contributed by atoms with Gasteiger partial charge in [-0.15, -0.1) is 0 Å². The van der Waals surface area contributed by atoms with Crippen molar-refractivity contribution in [2.24, 2.45) is 0 Å². The predicted octanol–water partition coefficient (Wildman–Crippen LogP) is 5.27. The normalized spacial score (nSPS) is 15.3. The Bertz CT molecular complexity index is 1280. The van der Waals surface area contributed by atoms with Gasteiger partial charge in [-0.05, 0) is 56.4 Å². The lowest BCUT2D eigenvalue weighted by atomic mass is 10.0. The van der Waals surface area contributed by atoms with E-state index in [0.717, 1.165) is 41.0 Å². The van der Waals surface area contributed by atoms with Gasteiger partial charge in [-0.2, -0.15) is 0 Å². The number of hydrogen-bond acceptors (Lipinski definition) is 2. The Labute approximate surface area is 183 Å². The van der Waals surface area contributed by atoms with Crippen molar-refractivity contribution in [3.05, 3.63) is 94.3 Å². The molecule has 0 aliphatic heterocycles. The third kappa shape index (κ3) is 3.74. The van der Waals surface area contributed by atoms with E-state index in [1.165, 1.54) is 22.3 Å². The van der Waals surface area contributed by atoms with Crippen molar-refractivity contribution in [1.29, 1.82) is 0 Å². The minimum absolute atomic E-state index is 0.0371. The van der Waals surface area contributed by atoms with Crippen LogP contribution in [-0.2, 0) is 17.6 Å². The molecule has 31 heavy (non-hydrogen) atoms. The highest BCUT2D eigenvalue weighted by Crippen LogP contribution is 2.32. The summed E-state index contributed by atoms with van der Waals surface area (Å²) in [4.78, 5) is 18.0. The van der Waals surface area contributed by atoms with Crippen LogP contribution in [0.15, 0.2) is 60.8 Å². The van der Waals surface area contributed by atoms with E-state index < -0.39 is 0 Å². The Kier molecular flexibility index (Phi) is 4.85. The molecule has 1 aliphatic rings. The number of pyridine rings is 1. The second kappa shape index (κ2) is 7.69. The number of carbonyl (C=O) groups is 1. The largest absolute Gasteiger partial charge is 0.349 e. The summed E-state index contributed by atoms with van der Waals surface area (Å²) in [5, 5.41) is 3.28. The first-order valence-electron chi connectivity index (χ1n) is 10.9. The third-order valence-electron chi connectivity index (χ3n) is 6.23. The standard InChI is InChI=1S/C27H27N3O/c1-17-4-8-20(9-5-17)27-24(30-16-19(3)7-13-25(30)29-27)15-26(31)28-23-12-10-21-14-18(2)6-11-22(21)23/h4-9,11,13-14,16,23H,10,12,15H2,1-3H3,(H,28,31). The molecule has 1 N–H and O–H groups in total. The number of fused-ring (bicyclic) bond motifs is 2. The van der Waals surface area contributed by atoms with Crippen molar-refractivity contribution in [2.45, 2.75) is 46.1 Å². The molecule has 1 aliphatic carbocycles. The summed E-state index contributed by atoms with van der Waals surface area (Å²) in [6.07, 6.45) is 4.34. The van der Waals surface area contributed by atoms with E-state index in [4.69, 9.17) is 4.98 Å². The zero-order valence-corrected chi connectivity index (χ0v) is 18.3. The molecule has 156 valence electrons. The maximum atomic E-state index is 13.2. The molecule has 1 unspecified atom stereocenters. The van der Waals surface area contributed by atoms with Crippen LogP contribution in [0.25, 0.3) is 16.9 Å². The number of benzene rings is 2. The molecule has 0 bridgehead atoms. The summed E-state index contributed by atoms with van der Waals surface area (Å²) in [6.45, 7) is 6.25. The monoisotopic (exact) mass is 409 g/mol. The molecule has 4 aromatic rings. The molecule has 1 atom stereocenters. The smallest absolute Gasteiger partial charge is 0.226 e. The number of aromatic nitrogens is 2. The lowest BCUT2D eigenvalue weighted by molar-refractivity contribution is -0.121. The first kappa shape index (κ1) is 19.6. The molecule has 4 heteroatoms. The Balaban J connectivity index is 1.47. The fraction of sp³-hybridized carbons (Fsp3) is 0.259. The Morgan fingerprint density at radius 3 is 2.55 bits per heavy atom. The number of nitrogens with one attached hydrogen (secondary N) is 1. The van der Waals surface area contributed by atoms with Gasteiger partial charge in [-0.3, -0.25) is 4.79 Å². The molecule has 1 amide bonds. The number of carbonyl (C=O) groups excluding carboxylic acids is 1. The SMILES string of the molecule is Cc1ccc(-c2nc3ccc(C)cn3c2CC(=O)NC2CCc3cc(C)ccc32)cc1. The summed E-state index contributed by atoms with van der Waals surface area (Å²) in [5.74, 6) is 0.0371. The lowest BCUT2D eigenvalue weighted by Gasteiger charge is -2.15. The van der Waals surface area contributed by atoms with Crippen LogP contribution >= 0.6 is 0 Å². The van der Waals surface area contributed by atoms with Crippen LogP contribution in [0.1, 0.15) is 46.0 Å². The van der Waals surface area contributed by atoms with E-state index >= 15 is 0 Å². The van der Waals surface area contributed by atoms with E-state index in [1.807, 2.05) is 6.07 Å². The van der Waals surface area contributed by atoms with Crippen LogP contribution < -0.4 is 5.32 Å². The molecule has 2 aromatic carbocycles. The second-order valence-corrected chi connectivity index (χ2v) is 8.75. The average molecular weight is 410 g/mol. The minimum atomic E-state index is 0.0371. The lowest BCUT2D eigenvalue weighted by Crippen LogP contribution is -2.29. The number of hydrogen-bond donors (Lipinski definition) is 1. The summed E-state index contributed by atoms with van der Waals surface area (Å²) in [5.41, 5.74) is 9.95. The van der Waals surface area contributed by atoms with Gasteiger partial charge in [0.2, 0.25) is 5.91 Å². The van der Waals surface area contributed by atoms with Crippen molar-refractivity contribution >= 4 is 11.6 Å². The second-order valence-electron chi connectivity index (χ2n) is 8.75. The number of imidazole rings is 1. The first-order chi connectivity index (χ1) is 15.0. The molecule has 2 heterocycles. The van der Waals surface area contributed by atoms with Crippen LogP contribution in [0.2, 0.25) is 0 Å². The third-order valence-corrected chi connectivity index (χ3v) is 6.23. The van der Waals surface area contributed by atoms with Gasteiger partial charge in [0, 0.05) is 11.8 Å². The van der Waals surface area contributed by atoms with E-state index in [1.54, 1.807) is 0 Å². The van der Waals surface area contributed by atoms with Crippen LogP contribution in [0, 0.1) is 20.8 Å². The van der Waals surface area contributed by atoms with E-state index in [0.29, 0.717) is 6.42 Å². The summed E-state index contributed by atoms with van der Waals surface area (Å²) >= 11 is 0. The highest BCUT2D eigenvalue weighted by atomic mass is 16.1. The highest BCUT2D eigenvalue weighted by molar-refractivity contribution is 5.82. The van der Waals surface area contributed by atoms with Gasteiger partial charge < -0.3 is 9.72 Å². The fourth-order valence-corrected chi connectivity index (χ4v) is 4.60. The van der Waals surface area contributed by atoms with Gasteiger partial charge in [0.25, 0.3) is 0 Å². The van der Waals surface area contributed by atoms with Gasteiger partial charge in [0.15, 0.2) is 0 Å². The van der Waals surface area contributed by atoms with Crippen molar-refractivity contribution in [1.82, 2.24) is 14.7 Å². The maximum absolute atomic E-state index is 13.2. The molecule has 4 nitrogen and oxygen atoms in total. The fourth-order valence-electron chi connectivity index (χ4n) is 4.60. The number of nitrogens with zero attached hydrogens (tertiary/aromatic N) is 2. The quantitative estimate of drug-likeness (QED) is 0.499. The molecule has 0 saturated carbocycles. The zero-order valence-electron chi connectivity index (χ0n) is 18.3. The summed E-state index contributed by atoms with van der Waals surface area (Å²) in [6, 6.07) is 19.0. The Morgan fingerprint density at radius 1 is 1.00 bits per heavy atom. The maximum Gasteiger partial charge on any atom is 0.226 e. The predicted molar refractivity (Wildman–Crippen MR) is 124 cm³/mol. The average Bonchev–Trinajstić information content (AvgIpc) is 3.29. The van der Waals surface area contributed by atoms with Crippen LogP contribution in [0.4, 0.5) is 0 Å². The van der Waals surface area contributed by atoms with E-state index in [9.17, 15) is 4.79 Å². The molecule has 0 spiro atoms. The molecule has 0 radical (unpaired) electrons. The first-order valence-corrected chi connectivity index (χ1v) is 10.9. The van der Waals surface area contributed by atoms with Gasteiger partial charge in [-0.1, -0.05) is 59.7 Å². The molecule has 5 rings (SSSR count). The van der Waals surface area contributed by atoms with Gasteiger partial charge in [-0.25, -0.2) is 4.98 Å². The zero-order chi connectivity index (χ0) is 21.5. The van der Waals surface area contributed by atoms with E-state index in [-0.39, 0.29) is 11.9 Å². The Morgan fingerprint density at radius 2 is 1.74 bits per heavy atom. The van der Waals surface area contributed by atoms with Crippen LogP contribution in [0.5, 0.6) is 0 Å². The molecular weight excluding hydrogens is 382 g/mol. The number of rotatable bonds is 4. The van der Waals surface area contributed by atoms with Crippen molar-refractivity contribution in [2.75, 3.05) is 0 Å². The van der Waals surface area contributed by atoms with Crippen molar-refractivity contribution < 1.29 is 4.79 Å². The minimum Gasteiger partial charge on any atom is -0.349 e. The summed E-state index contributed by atoms with van der Waals surface area (Å²) < 4.78 is 2.07. The van der Waals surface area contributed by atoms with Gasteiger partial charge >= 0.3 is 0 Å². The highest BCUT2D eigenvalue weighted by Gasteiger charge is 2.25. The molecular formula is C27H27N3O.